The molecule has 10 aromatic rings. The Bertz CT molecular complexity index is 3360. The Hall–Kier alpha value is -7.42. The summed E-state index contributed by atoms with van der Waals surface area (Å²) in [4.78, 5) is 2.48. The topological polar surface area (TPSA) is 8.17 Å². The van der Waals surface area contributed by atoms with Gasteiger partial charge in [-0.25, -0.2) is 0 Å². The van der Waals surface area contributed by atoms with Gasteiger partial charge in [0, 0.05) is 44.2 Å². The number of rotatable bonds is 6. The highest BCUT2D eigenvalue weighted by atomic mass is 15.1. The van der Waals surface area contributed by atoms with Gasteiger partial charge in [0.25, 0.3) is 0 Å². The standard InChI is InChI=1S/C61H48N2/c1-39-35-42(28-32-45(39)41-27-31-52-51-22-12-16-26-58(51)63(59(52)36-41)57-25-15-11-19-46(57)40-17-7-6-8-18-40)62(43-29-33-49-47-20-9-13-23-53(47)60(2,3)55(49)37-43)44-30-34-50-48-21-10-14-24-54(48)61(4,5)56(50)38-44/h6-38H,1-5H3. The van der Waals surface area contributed by atoms with Crippen molar-refractivity contribution in [3.63, 3.8) is 0 Å². The molecule has 302 valence electrons. The van der Waals surface area contributed by atoms with Crippen molar-refractivity contribution in [2.24, 2.45) is 0 Å². The van der Waals surface area contributed by atoms with Crippen LogP contribution in [0, 0.1) is 6.92 Å². The molecule has 63 heavy (non-hydrogen) atoms. The lowest BCUT2D eigenvalue weighted by molar-refractivity contribution is 0.660. The Morgan fingerprint density at radius 1 is 0.349 bits per heavy atom. The molecule has 2 nitrogen and oxygen atoms in total. The molecule has 2 aliphatic rings. The fourth-order valence-electron chi connectivity index (χ4n) is 11.1. The summed E-state index contributed by atoms with van der Waals surface area (Å²) < 4.78 is 2.46. The highest BCUT2D eigenvalue weighted by molar-refractivity contribution is 6.11. The van der Waals surface area contributed by atoms with E-state index in [9.17, 15) is 0 Å². The Kier molecular flexibility index (Phi) is 8.18. The van der Waals surface area contributed by atoms with Crippen LogP contribution in [0.4, 0.5) is 17.1 Å². The predicted octanol–water partition coefficient (Wildman–Crippen LogP) is 16.5. The molecular weight excluding hydrogens is 761 g/mol. The van der Waals surface area contributed by atoms with Crippen molar-refractivity contribution in [1.29, 1.82) is 0 Å². The maximum Gasteiger partial charge on any atom is 0.0547 e. The lowest BCUT2D eigenvalue weighted by atomic mass is 9.82. The molecule has 0 atom stereocenters. The van der Waals surface area contributed by atoms with E-state index < -0.39 is 0 Å². The fraction of sp³-hybridized carbons (Fsp3) is 0.115. The average molecular weight is 809 g/mol. The summed E-state index contributed by atoms with van der Waals surface area (Å²) in [5.41, 5.74) is 23.8. The minimum absolute atomic E-state index is 0.113. The van der Waals surface area contributed by atoms with Crippen LogP contribution in [0.3, 0.4) is 0 Å². The van der Waals surface area contributed by atoms with Crippen LogP contribution < -0.4 is 4.90 Å². The number of aromatic nitrogens is 1. The molecule has 1 aromatic heterocycles. The molecule has 0 saturated heterocycles. The van der Waals surface area contributed by atoms with Gasteiger partial charge in [-0.05, 0) is 128 Å². The number of benzene rings is 9. The van der Waals surface area contributed by atoms with Gasteiger partial charge in [0.1, 0.15) is 0 Å². The third-order valence-corrected chi connectivity index (χ3v) is 14.3. The highest BCUT2D eigenvalue weighted by Gasteiger charge is 2.37. The molecule has 0 bridgehead atoms. The first-order valence-electron chi connectivity index (χ1n) is 22.3. The molecule has 0 saturated carbocycles. The van der Waals surface area contributed by atoms with E-state index in [1.165, 1.54) is 99.8 Å². The second-order valence-corrected chi connectivity index (χ2v) is 18.6. The number of anilines is 3. The van der Waals surface area contributed by atoms with E-state index in [-0.39, 0.29) is 10.8 Å². The zero-order chi connectivity index (χ0) is 42.6. The molecule has 2 heteroatoms. The van der Waals surface area contributed by atoms with Crippen molar-refractivity contribution in [1.82, 2.24) is 4.57 Å². The number of aryl methyl sites for hydroxylation is 1. The molecule has 0 unspecified atom stereocenters. The first kappa shape index (κ1) is 37.4. The molecule has 0 spiro atoms. The van der Waals surface area contributed by atoms with E-state index in [0.29, 0.717) is 0 Å². The maximum atomic E-state index is 2.48. The monoisotopic (exact) mass is 808 g/mol. The summed E-state index contributed by atoms with van der Waals surface area (Å²) in [5, 5.41) is 2.51. The van der Waals surface area contributed by atoms with Gasteiger partial charge in [0.15, 0.2) is 0 Å². The van der Waals surface area contributed by atoms with Gasteiger partial charge in [-0.2, -0.15) is 0 Å². The lowest BCUT2D eigenvalue weighted by Crippen LogP contribution is -2.18. The van der Waals surface area contributed by atoms with Crippen molar-refractivity contribution in [2.75, 3.05) is 4.90 Å². The van der Waals surface area contributed by atoms with Gasteiger partial charge in [-0.15, -0.1) is 0 Å². The van der Waals surface area contributed by atoms with Gasteiger partial charge in [-0.3, -0.25) is 0 Å². The number of para-hydroxylation sites is 2. The van der Waals surface area contributed by atoms with Crippen LogP contribution in [0.15, 0.2) is 200 Å². The Labute approximate surface area is 370 Å². The molecular formula is C61H48N2. The van der Waals surface area contributed by atoms with Crippen molar-refractivity contribution in [3.8, 4) is 50.2 Å². The Morgan fingerprint density at radius 2 is 0.841 bits per heavy atom. The minimum atomic E-state index is -0.113. The SMILES string of the molecule is Cc1cc(N(c2ccc3c(c2)C(C)(C)c2ccccc2-3)c2ccc3c(c2)C(C)(C)c2ccccc2-3)ccc1-c1ccc2c3ccccc3n(-c3ccccc3-c3ccccc3)c2c1. The second-order valence-electron chi connectivity index (χ2n) is 18.6. The summed E-state index contributed by atoms with van der Waals surface area (Å²) >= 11 is 0. The van der Waals surface area contributed by atoms with E-state index >= 15 is 0 Å². The molecule has 0 aliphatic heterocycles. The van der Waals surface area contributed by atoms with Crippen LogP contribution in [-0.2, 0) is 10.8 Å². The largest absolute Gasteiger partial charge is 0.310 e. The molecule has 0 amide bonds. The maximum absolute atomic E-state index is 2.48. The Morgan fingerprint density at radius 3 is 1.48 bits per heavy atom. The summed E-state index contributed by atoms with van der Waals surface area (Å²) in [7, 11) is 0. The first-order chi connectivity index (χ1) is 30.7. The van der Waals surface area contributed by atoms with E-state index in [1.807, 2.05) is 0 Å². The van der Waals surface area contributed by atoms with Crippen LogP contribution in [0.5, 0.6) is 0 Å². The third kappa shape index (κ3) is 5.57. The summed E-state index contributed by atoms with van der Waals surface area (Å²) in [5.74, 6) is 0. The van der Waals surface area contributed by atoms with E-state index in [1.54, 1.807) is 0 Å². The third-order valence-electron chi connectivity index (χ3n) is 14.3. The minimum Gasteiger partial charge on any atom is -0.310 e. The molecule has 2 aliphatic carbocycles. The Balaban J connectivity index is 1.01. The molecule has 9 aromatic carbocycles. The zero-order valence-corrected chi connectivity index (χ0v) is 36.4. The molecule has 12 rings (SSSR count). The second kappa shape index (κ2) is 13.8. The number of hydrogen-bond donors (Lipinski definition) is 0. The number of hydrogen-bond acceptors (Lipinski definition) is 1. The molecule has 1 heterocycles. The van der Waals surface area contributed by atoms with Crippen LogP contribution in [0.1, 0.15) is 55.5 Å². The van der Waals surface area contributed by atoms with Crippen LogP contribution in [-0.4, -0.2) is 4.57 Å². The van der Waals surface area contributed by atoms with E-state index in [2.05, 4.69) is 244 Å². The van der Waals surface area contributed by atoms with Crippen molar-refractivity contribution in [2.45, 2.75) is 45.4 Å². The van der Waals surface area contributed by atoms with E-state index in [0.717, 1.165) is 17.1 Å². The van der Waals surface area contributed by atoms with Crippen molar-refractivity contribution >= 4 is 38.9 Å². The van der Waals surface area contributed by atoms with Gasteiger partial charge in [0.2, 0.25) is 0 Å². The highest BCUT2D eigenvalue weighted by Crippen LogP contribution is 2.53. The van der Waals surface area contributed by atoms with Crippen LogP contribution >= 0.6 is 0 Å². The van der Waals surface area contributed by atoms with Crippen molar-refractivity contribution < 1.29 is 0 Å². The molecule has 0 radical (unpaired) electrons. The van der Waals surface area contributed by atoms with Gasteiger partial charge >= 0.3 is 0 Å². The smallest absolute Gasteiger partial charge is 0.0547 e. The summed E-state index contributed by atoms with van der Waals surface area (Å²) in [6.45, 7) is 11.8. The van der Waals surface area contributed by atoms with Crippen molar-refractivity contribution in [3.05, 3.63) is 228 Å². The fourth-order valence-corrected chi connectivity index (χ4v) is 11.1. The van der Waals surface area contributed by atoms with Gasteiger partial charge in [0.05, 0.1) is 16.7 Å². The molecule has 0 N–H and O–H groups in total. The lowest BCUT2D eigenvalue weighted by Gasteiger charge is -2.30. The number of nitrogens with zero attached hydrogens (tertiary/aromatic N) is 2. The average Bonchev–Trinajstić information content (AvgIpc) is 3.85. The molecule has 0 fully saturated rings. The summed E-state index contributed by atoms with van der Waals surface area (Å²) in [6, 6.07) is 74.5. The zero-order valence-electron chi connectivity index (χ0n) is 36.4. The van der Waals surface area contributed by atoms with Gasteiger partial charge in [-0.1, -0.05) is 173 Å². The van der Waals surface area contributed by atoms with Crippen LogP contribution in [0.2, 0.25) is 0 Å². The van der Waals surface area contributed by atoms with E-state index in [4.69, 9.17) is 0 Å². The van der Waals surface area contributed by atoms with Crippen LogP contribution in [0.25, 0.3) is 72.0 Å². The quantitative estimate of drug-likeness (QED) is 0.162. The number of fused-ring (bicyclic) bond motifs is 9. The first-order valence-corrected chi connectivity index (χ1v) is 22.3. The predicted molar refractivity (Wildman–Crippen MR) is 266 cm³/mol. The van der Waals surface area contributed by atoms with Gasteiger partial charge < -0.3 is 9.47 Å². The summed E-state index contributed by atoms with van der Waals surface area (Å²) in [6.07, 6.45) is 0. The normalized spacial score (nSPS) is 14.0.